The maximum absolute atomic E-state index is 12.9. The molecule has 1 aromatic carbocycles. The molecule has 2 atom stereocenters. The number of methoxy groups -OCH3 is 1. The largest absolute Gasteiger partial charge is 0.504 e. The Kier molecular flexibility index (Phi) is 4.48. The van der Waals surface area contributed by atoms with Gasteiger partial charge in [-0.15, -0.1) is 0 Å². The molecule has 12 nitrogen and oxygen atoms in total. The van der Waals surface area contributed by atoms with Gasteiger partial charge in [-0.2, -0.15) is 0 Å². The number of nitrogens with zero attached hydrogens (tertiary/aromatic N) is 6. The molecule has 0 radical (unpaired) electrons. The zero-order chi connectivity index (χ0) is 23.6. The molecule has 3 aromatic rings. The molecule has 0 saturated heterocycles. The Morgan fingerprint density at radius 1 is 0.970 bits per heavy atom. The molecule has 0 fully saturated rings. The van der Waals surface area contributed by atoms with Crippen LogP contribution in [-0.2, 0) is 27.2 Å². The van der Waals surface area contributed by atoms with Gasteiger partial charge in [-0.05, 0) is 23.3 Å². The number of phenolic OH excluding ortho intramolecular Hbond substituents is 1. The van der Waals surface area contributed by atoms with E-state index < -0.39 is 34.8 Å². The van der Waals surface area contributed by atoms with Gasteiger partial charge in [0.2, 0.25) is 0 Å². The minimum absolute atomic E-state index is 0.00286. The van der Waals surface area contributed by atoms with Gasteiger partial charge in [-0.3, -0.25) is 0 Å². The lowest BCUT2D eigenvalue weighted by atomic mass is 9.94. The summed E-state index contributed by atoms with van der Waals surface area (Å²) in [4.78, 5) is 51.0. The maximum Gasteiger partial charge on any atom is 0.347 e. The average Bonchev–Trinajstić information content (AvgIpc) is 3.17. The molecule has 0 bridgehead atoms. The second kappa shape index (κ2) is 7.15. The molecule has 4 heterocycles. The number of ether oxygens (including phenoxy) is 1. The number of benzene rings is 1. The van der Waals surface area contributed by atoms with Gasteiger partial charge in [0.05, 0.1) is 32.3 Å². The van der Waals surface area contributed by atoms with Gasteiger partial charge in [0, 0.05) is 14.1 Å². The van der Waals surface area contributed by atoms with E-state index in [4.69, 9.17) is 4.74 Å². The standard InChI is InChI=1S/C21H22N6O6/c1-22-18(29)24-9-8-13-14(6-4-12-5-7-16(28)17(10-12)33-3)26-20(31)23(2)19(30)25(26)11-15(13)27(24)21(22)32/h4-8,10,14-15,28H,9,11H2,1-3H3/t14-,15+/m0/s1. The molecule has 12 heteroatoms. The number of aromatic nitrogens is 6. The van der Waals surface area contributed by atoms with Crippen molar-refractivity contribution >= 4 is 6.08 Å². The fraction of sp³-hybridized carbons (Fsp3) is 0.333. The summed E-state index contributed by atoms with van der Waals surface area (Å²) in [6.45, 7) is 0.214. The second-order valence-electron chi connectivity index (χ2n) is 8.06. The quantitative estimate of drug-likeness (QED) is 0.515. The molecule has 33 heavy (non-hydrogen) atoms. The van der Waals surface area contributed by atoms with Crippen LogP contribution in [0, 0.1) is 0 Å². The van der Waals surface area contributed by atoms with Gasteiger partial charge in [0.15, 0.2) is 11.5 Å². The molecule has 0 aliphatic carbocycles. The average molecular weight is 454 g/mol. The van der Waals surface area contributed by atoms with Crippen LogP contribution in [-0.4, -0.2) is 40.1 Å². The lowest BCUT2D eigenvalue weighted by Crippen LogP contribution is -2.46. The Morgan fingerprint density at radius 2 is 1.64 bits per heavy atom. The third-order valence-corrected chi connectivity index (χ3v) is 6.31. The highest BCUT2D eigenvalue weighted by molar-refractivity contribution is 5.56. The van der Waals surface area contributed by atoms with Crippen molar-refractivity contribution < 1.29 is 9.84 Å². The molecular weight excluding hydrogens is 432 g/mol. The first-order valence-corrected chi connectivity index (χ1v) is 10.3. The van der Waals surface area contributed by atoms with Crippen LogP contribution in [0.15, 0.2) is 55.1 Å². The minimum Gasteiger partial charge on any atom is -0.504 e. The van der Waals surface area contributed by atoms with Gasteiger partial charge in [0.1, 0.15) is 0 Å². The van der Waals surface area contributed by atoms with Crippen molar-refractivity contribution in [2.45, 2.75) is 25.2 Å². The predicted octanol–water partition coefficient (Wildman–Crippen LogP) is -0.826. The van der Waals surface area contributed by atoms with Crippen LogP contribution in [0.1, 0.15) is 17.6 Å². The van der Waals surface area contributed by atoms with Crippen LogP contribution < -0.4 is 27.5 Å². The van der Waals surface area contributed by atoms with Crippen LogP contribution in [0.5, 0.6) is 11.5 Å². The summed E-state index contributed by atoms with van der Waals surface area (Å²) in [7, 11) is 4.25. The summed E-state index contributed by atoms with van der Waals surface area (Å²) in [5, 5.41) is 9.84. The molecule has 0 amide bonds. The third-order valence-electron chi connectivity index (χ3n) is 6.31. The molecule has 2 aliphatic rings. The number of hydrogen-bond donors (Lipinski definition) is 1. The summed E-state index contributed by atoms with van der Waals surface area (Å²) in [5.41, 5.74) is -0.483. The Morgan fingerprint density at radius 3 is 2.33 bits per heavy atom. The summed E-state index contributed by atoms with van der Waals surface area (Å²) in [6, 6.07) is 3.55. The smallest absolute Gasteiger partial charge is 0.347 e. The van der Waals surface area contributed by atoms with Gasteiger partial charge >= 0.3 is 22.8 Å². The number of rotatable bonds is 3. The Balaban J connectivity index is 1.69. The van der Waals surface area contributed by atoms with E-state index in [0.29, 0.717) is 11.3 Å². The molecule has 5 rings (SSSR count). The monoisotopic (exact) mass is 454 g/mol. The van der Waals surface area contributed by atoms with E-state index in [1.807, 2.05) is 6.08 Å². The highest BCUT2D eigenvalue weighted by atomic mass is 16.5. The van der Waals surface area contributed by atoms with E-state index in [9.17, 15) is 24.3 Å². The first kappa shape index (κ1) is 20.7. The molecule has 0 spiro atoms. The molecule has 0 saturated carbocycles. The second-order valence-corrected chi connectivity index (χ2v) is 8.06. The summed E-state index contributed by atoms with van der Waals surface area (Å²) < 4.78 is 12.6. The van der Waals surface area contributed by atoms with Crippen LogP contribution in [0.3, 0.4) is 0 Å². The summed E-state index contributed by atoms with van der Waals surface area (Å²) >= 11 is 0. The summed E-state index contributed by atoms with van der Waals surface area (Å²) in [5.74, 6) is 0.293. The van der Waals surface area contributed by atoms with Crippen molar-refractivity contribution in [3.8, 4) is 11.5 Å². The first-order valence-electron chi connectivity index (χ1n) is 10.3. The SMILES string of the molecule is COc1cc(C=C[C@H]2C3=CCn4c(=O)n(C)c(=O)n4[C@@H]3Cn3c(=O)n(C)c(=O)n32)ccc1O. The number of aromatic hydroxyl groups is 1. The first-order chi connectivity index (χ1) is 15.7. The molecular formula is C21H22N6O6. The highest BCUT2D eigenvalue weighted by Crippen LogP contribution is 2.36. The van der Waals surface area contributed by atoms with Crippen molar-refractivity contribution in [2.75, 3.05) is 7.11 Å². The minimum atomic E-state index is -0.666. The lowest BCUT2D eigenvalue weighted by molar-refractivity contribution is 0.249. The molecule has 2 aliphatic heterocycles. The zero-order valence-electron chi connectivity index (χ0n) is 18.2. The van der Waals surface area contributed by atoms with E-state index in [2.05, 4.69) is 0 Å². The number of phenols is 1. The van der Waals surface area contributed by atoms with Crippen molar-refractivity contribution in [1.82, 2.24) is 27.9 Å². The Labute approximate surface area is 185 Å². The number of hydrogen-bond acceptors (Lipinski definition) is 6. The van der Waals surface area contributed by atoms with Gasteiger partial charge in [-0.25, -0.2) is 47.0 Å². The van der Waals surface area contributed by atoms with E-state index in [-0.39, 0.29) is 18.8 Å². The van der Waals surface area contributed by atoms with Crippen LogP contribution >= 0.6 is 0 Å². The van der Waals surface area contributed by atoms with E-state index >= 15 is 0 Å². The predicted molar refractivity (Wildman–Crippen MR) is 118 cm³/mol. The van der Waals surface area contributed by atoms with Crippen molar-refractivity contribution in [3.63, 3.8) is 0 Å². The van der Waals surface area contributed by atoms with Gasteiger partial charge in [-0.1, -0.05) is 24.3 Å². The zero-order valence-corrected chi connectivity index (χ0v) is 18.2. The van der Waals surface area contributed by atoms with Gasteiger partial charge in [0.25, 0.3) is 0 Å². The van der Waals surface area contributed by atoms with Crippen molar-refractivity contribution in [3.05, 3.63) is 83.4 Å². The topological polar surface area (TPSA) is 127 Å². The fourth-order valence-electron chi connectivity index (χ4n) is 4.58. The maximum atomic E-state index is 12.9. The van der Waals surface area contributed by atoms with Crippen LogP contribution in [0.25, 0.3) is 6.08 Å². The van der Waals surface area contributed by atoms with E-state index in [1.165, 1.54) is 46.0 Å². The Hall–Kier alpha value is -4.22. The fourth-order valence-corrected chi connectivity index (χ4v) is 4.58. The van der Waals surface area contributed by atoms with Crippen LogP contribution in [0.4, 0.5) is 0 Å². The Bertz CT molecular complexity index is 1590. The molecule has 0 unspecified atom stereocenters. The van der Waals surface area contributed by atoms with Gasteiger partial charge < -0.3 is 9.84 Å². The normalized spacial score (nSPS) is 19.2. The third kappa shape index (κ3) is 2.83. The summed E-state index contributed by atoms with van der Waals surface area (Å²) in [6.07, 6.45) is 5.33. The van der Waals surface area contributed by atoms with Crippen molar-refractivity contribution in [1.29, 1.82) is 0 Å². The molecule has 1 N–H and O–H groups in total. The molecule has 172 valence electrons. The van der Waals surface area contributed by atoms with E-state index in [0.717, 1.165) is 14.7 Å². The number of allylic oxidation sites excluding steroid dienone is 3. The highest BCUT2D eigenvalue weighted by Gasteiger charge is 2.38. The molecule has 2 aromatic heterocycles. The van der Waals surface area contributed by atoms with E-state index in [1.54, 1.807) is 24.3 Å². The van der Waals surface area contributed by atoms with Crippen molar-refractivity contribution in [2.24, 2.45) is 14.1 Å². The lowest BCUT2D eigenvalue weighted by Gasteiger charge is -2.36. The van der Waals surface area contributed by atoms with Crippen LogP contribution in [0.2, 0.25) is 0 Å². The number of fused-ring (bicyclic) bond motifs is 4.